The number of carbonyl (C=O) groups is 5. The van der Waals surface area contributed by atoms with Gasteiger partial charge in [-0.2, -0.15) is 0 Å². The minimum atomic E-state index is -1.24. The first-order valence-electron chi connectivity index (χ1n) is 16.3. The molecule has 47 heavy (non-hydrogen) atoms. The molecule has 0 aromatic rings. The highest BCUT2D eigenvalue weighted by Crippen LogP contribution is 2.20. The van der Waals surface area contributed by atoms with Gasteiger partial charge in [-0.05, 0) is 70.8 Å². The van der Waals surface area contributed by atoms with Crippen LogP contribution in [-0.4, -0.2) is 108 Å². The molecule has 1 fully saturated rings. The molecule has 1 aliphatic heterocycles. The van der Waals surface area contributed by atoms with Crippen molar-refractivity contribution in [3.05, 3.63) is 0 Å². The summed E-state index contributed by atoms with van der Waals surface area (Å²) in [6.45, 7) is 1.66. The number of rotatable bonds is 24. The normalized spacial score (nSPS) is 16.0. The predicted molar refractivity (Wildman–Crippen MR) is 178 cm³/mol. The topological polar surface area (TPSA) is 326 Å². The Morgan fingerprint density at radius 1 is 0.809 bits per heavy atom. The molecule has 1 rings (SSSR count). The Morgan fingerprint density at radius 2 is 1.47 bits per heavy atom. The minimum Gasteiger partial charge on any atom is -0.480 e. The van der Waals surface area contributed by atoms with Crippen LogP contribution in [0.1, 0.15) is 83.5 Å². The summed E-state index contributed by atoms with van der Waals surface area (Å²) in [7, 11) is 0. The number of hydrogen-bond donors (Lipinski definition) is 10. The van der Waals surface area contributed by atoms with E-state index in [1.165, 1.54) is 4.90 Å². The number of hydrogen-bond acceptors (Lipinski definition) is 9. The van der Waals surface area contributed by atoms with Gasteiger partial charge in [-0.3, -0.25) is 29.2 Å². The summed E-state index contributed by atoms with van der Waals surface area (Å²) in [5.41, 5.74) is 33.0. The van der Waals surface area contributed by atoms with E-state index in [1.807, 2.05) is 0 Å². The van der Waals surface area contributed by atoms with E-state index in [2.05, 4.69) is 25.9 Å². The molecule has 0 aromatic heterocycles. The lowest BCUT2D eigenvalue weighted by Crippen LogP contribution is -2.57. The highest BCUT2D eigenvalue weighted by atomic mass is 16.4. The minimum absolute atomic E-state index is 0.0246. The Balaban J connectivity index is 2.50. The third-order valence-corrected chi connectivity index (χ3v) is 7.67. The molecule has 0 spiro atoms. The third-order valence-electron chi connectivity index (χ3n) is 7.67. The zero-order chi connectivity index (χ0) is 35.2. The summed E-state index contributed by atoms with van der Waals surface area (Å²) in [5.74, 6) is -2.90. The second kappa shape index (κ2) is 23.2. The van der Waals surface area contributed by atoms with Gasteiger partial charge in [-0.1, -0.05) is 12.8 Å². The highest BCUT2D eigenvalue weighted by Gasteiger charge is 2.37. The van der Waals surface area contributed by atoms with E-state index >= 15 is 0 Å². The standard InChI is InChI=1S/C29H56N12O6/c30-14-13-20(24(43)40-21(27(46)47)10-7-17-38-29(34)35)39-25(44)22-11-8-18-41(22)26(45)19(31)9-4-6-15-36-23(42)12-3-1-2-5-16-37-28(32)33/h19-22H,1-18,30-31H2,(H,36,42)(H,39,44)(H,40,43)(H,46,47)(H4,32,33,37)(H4,34,35,38)/t19-,20-,21-,22-/m0/s1. The smallest absolute Gasteiger partial charge is 0.326 e. The van der Waals surface area contributed by atoms with E-state index in [4.69, 9.17) is 34.4 Å². The summed E-state index contributed by atoms with van der Waals surface area (Å²) >= 11 is 0. The van der Waals surface area contributed by atoms with Gasteiger partial charge in [0, 0.05) is 32.6 Å². The molecular weight excluding hydrogens is 612 g/mol. The predicted octanol–water partition coefficient (Wildman–Crippen LogP) is -2.73. The molecule has 4 amide bonds. The van der Waals surface area contributed by atoms with Gasteiger partial charge in [0.25, 0.3) is 0 Å². The van der Waals surface area contributed by atoms with Crippen LogP contribution in [-0.2, 0) is 24.0 Å². The number of aliphatic carboxylic acids is 1. The average molecular weight is 669 g/mol. The van der Waals surface area contributed by atoms with Crippen molar-refractivity contribution >= 4 is 41.5 Å². The third kappa shape index (κ3) is 17.3. The lowest BCUT2D eigenvalue weighted by atomic mass is 10.1. The quantitative estimate of drug-likeness (QED) is 0.0285. The van der Waals surface area contributed by atoms with Gasteiger partial charge in [0.15, 0.2) is 11.9 Å². The summed E-state index contributed by atoms with van der Waals surface area (Å²) in [4.78, 5) is 72.2. The fraction of sp³-hybridized carbons (Fsp3) is 0.759. The first-order chi connectivity index (χ1) is 22.4. The zero-order valence-electron chi connectivity index (χ0n) is 27.3. The van der Waals surface area contributed by atoms with Crippen molar-refractivity contribution in [2.75, 3.05) is 32.7 Å². The van der Waals surface area contributed by atoms with Crippen LogP contribution in [0.4, 0.5) is 0 Å². The van der Waals surface area contributed by atoms with E-state index < -0.39 is 42.0 Å². The monoisotopic (exact) mass is 668 g/mol. The van der Waals surface area contributed by atoms with Crippen LogP contribution in [0.3, 0.4) is 0 Å². The Hall–Kier alpha value is -4.19. The van der Waals surface area contributed by atoms with Gasteiger partial charge in [0.2, 0.25) is 23.6 Å². The highest BCUT2D eigenvalue weighted by molar-refractivity contribution is 5.94. The van der Waals surface area contributed by atoms with Crippen molar-refractivity contribution < 1.29 is 29.1 Å². The number of nitrogens with two attached hydrogens (primary N) is 6. The molecule has 0 unspecified atom stereocenters. The first kappa shape index (κ1) is 40.8. The number of carboxylic acid groups (broad SMARTS) is 1. The van der Waals surface area contributed by atoms with Crippen molar-refractivity contribution in [3.8, 4) is 0 Å². The van der Waals surface area contributed by atoms with Crippen LogP contribution in [0.5, 0.6) is 0 Å². The van der Waals surface area contributed by atoms with Crippen molar-refractivity contribution in [1.82, 2.24) is 20.9 Å². The van der Waals surface area contributed by atoms with E-state index in [-0.39, 0.29) is 49.7 Å². The number of nitrogens with zero attached hydrogens (tertiary/aromatic N) is 3. The molecule has 0 radical (unpaired) electrons. The van der Waals surface area contributed by atoms with E-state index in [0.29, 0.717) is 64.6 Å². The molecule has 1 heterocycles. The Labute approximate surface area is 276 Å². The number of nitrogens with one attached hydrogen (secondary N) is 3. The number of aliphatic imine (C=N–C) groups is 2. The second-order valence-corrected chi connectivity index (χ2v) is 11.6. The van der Waals surface area contributed by atoms with Crippen LogP contribution in [0.15, 0.2) is 9.98 Å². The van der Waals surface area contributed by atoms with Gasteiger partial charge < -0.3 is 60.4 Å². The maximum Gasteiger partial charge on any atom is 0.326 e. The molecule has 1 saturated heterocycles. The number of likely N-dealkylation sites (tertiary alicyclic amines) is 1. The maximum atomic E-state index is 13.2. The number of amides is 4. The largest absolute Gasteiger partial charge is 0.480 e. The number of unbranched alkanes of at least 4 members (excludes halogenated alkanes) is 4. The fourth-order valence-electron chi connectivity index (χ4n) is 5.14. The molecule has 268 valence electrons. The molecule has 18 nitrogen and oxygen atoms in total. The second-order valence-electron chi connectivity index (χ2n) is 11.6. The van der Waals surface area contributed by atoms with Crippen LogP contribution in [0.2, 0.25) is 0 Å². The van der Waals surface area contributed by atoms with Gasteiger partial charge >= 0.3 is 5.97 Å². The van der Waals surface area contributed by atoms with Crippen molar-refractivity contribution in [3.63, 3.8) is 0 Å². The Morgan fingerprint density at radius 3 is 2.11 bits per heavy atom. The lowest BCUT2D eigenvalue weighted by molar-refractivity contribution is -0.143. The Kier molecular flexibility index (Phi) is 20.1. The van der Waals surface area contributed by atoms with Crippen LogP contribution >= 0.6 is 0 Å². The number of carbonyl (C=O) groups excluding carboxylic acids is 4. The van der Waals surface area contributed by atoms with Crippen LogP contribution < -0.4 is 50.4 Å². The van der Waals surface area contributed by atoms with Gasteiger partial charge in [0.1, 0.15) is 18.1 Å². The summed E-state index contributed by atoms with van der Waals surface area (Å²) in [5, 5.41) is 17.5. The van der Waals surface area contributed by atoms with Crippen molar-refractivity contribution in [1.29, 1.82) is 0 Å². The average Bonchev–Trinajstić information content (AvgIpc) is 3.51. The van der Waals surface area contributed by atoms with Gasteiger partial charge in [-0.25, -0.2) is 4.79 Å². The number of guanidine groups is 2. The number of carboxylic acids is 1. The van der Waals surface area contributed by atoms with E-state index in [1.54, 1.807) is 0 Å². The summed E-state index contributed by atoms with van der Waals surface area (Å²) in [6, 6.07) is -3.95. The molecule has 16 N–H and O–H groups in total. The SMILES string of the molecule is NCC[C@H](NC(=O)[C@@H]1CCCN1C(=O)[C@@H](N)CCCCNC(=O)CCCCCCN=C(N)N)C(=O)N[C@@H](CCCN=C(N)N)C(=O)O. The molecule has 1 aliphatic rings. The van der Waals surface area contributed by atoms with Gasteiger partial charge in [0.05, 0.1) is 6.04 Å². The fourth-order valence-corrected chi connectivity index (χ4v) is 5.14. The lowest BCUT2D eigenvalue weighted by Gasteiger charge is -2.28. The van der Waals surface area contributed by atoms with Crippen molar-refractivity contribution in [2.45, 2.75) is 108 Å². The summed E-state index contributed by atoms with van der Waals surface area (Å²) < 4.78 is 0. The molecule has 0 aromatic carbocycles. The molecule has 0 saturated carbocycles. The van der Waals surface area contributed by atoms with Gasteiger partial charge in [-0.15, -0.1) is 0 Å². The summed E-state index contributed by atoms with van der Waals surface area (Å²) in [6.07, 6.45) is 7.00. The van der Waals surface area contributed by atoms with Crippen LogP contribution in [0.25, 0.3) is 0 Å². The van der Waals surface area contributed by atoms with E-state index in [0.717, 1.165) is 25.7 Å². The Bertz CT molecular complexity index is 1060. The van der Waals surface area contributed by atoms with E-state index in [9.17, 15) is 29.1 Å². The molecule has 4 atom stereocenters. The molecular formula is C29H56N12O6. The van der Waals surface area contributed by atoms with Crippen molar-refractivity contribution in [2.24, 2.45) is 44.4 Å². The molecule has 0 bridgehead atoms. The zero-order valence-corrected chi connectivity index (χ0v) is 27.3. The maximum absolute atomic E-state index is 13.2. The van der Waals surface area contributed by atoms with Crippen LogP contribution in [0, 0.1) is 0 Å². The molecule has 0 aliphatic carbocycles. The first-order valence-corrected chi connectivity index (χ1v) is 16.3. The molecule has 18 heteroatoms.